The van der Waals surface area contributed by atoms with Gasteiger partial charge in [0.2, 0.25) is 10.0 Å². The molecule has 1 aromatic heterocycles. The molecule has 0 bridgehead atoms. The molecule has 0 saturated carbocycles. The second-order valence-electron chi connectivity index (χ2n) is 5.07. The molecule has 0 aliphatic carbocycles. The van der Waals surface area contributed by atoms with Crippen LogP contribution in [-0.2, 0) is 10.0 Å². The number of H-pyrrole nitrogens is 1. The highest BCUT2D eigenvalue weighted by atomic mass is 32.2. The van der Waals surface area contributed by atoms with Gasteiger partial charge < -0.3 is 10.8 Å². The number of rotatable bonds is 6. The van der Waals surface area contributed by atoms with Gasteiger partial charge in [0.25, 0.3) is 0 Å². The highest BCUT2D eigenvalue weighted by molar-refractivity contribution is 7.89. The fourth-order valence-electron chi connectivity index (χ4n) is 1.78. The van der Waals surface area contributed by atoms with Gasteiger partial charge in [0.05, 0.1) is 11.8 Å². The molecular formula is C10H20N4O3S. The van der Waals surface area contributed by atoms with E-state index in [1.54, 1.807) is 6.92 Å². The van der Waals surface area contributed by atoms with Crippen molar-refractivity contribution in [2.45, 2.75) is 37.7 Å². The number of aromatic nitrogens is 2. The first-order chi connectivity index (χ1) is 8.14. The Balaban J connectivity index is 2.72. The van der Waals surface area contributed by atoms with Crippen molar-refractivity contribution in [1.82, 2.24) is 14.9 Å². The van der Waals surface area contributed by atoms with Gasteiger partial charge in [-0.25, -0.2) is 13.1 Å². The first kappa shape index (κ1) is 14.9. The molecule has 0 aliphatic rings. The number of sulfonamides is 1. The molecule has 8 heteroatoms. The molecule has 0 amide bonds. The Hall–Kier alpha value is -1.12. The second kappa shape index (κ2) is 5.25. The number of nitrogens with one attached hydrogen (secondary N) is 2. The summed E-state index contributed by atoms with van der Waals surface area (Å²) in [7, 11) is -3.75. The number of anilines is 1. The summed E-state index contributed by atoms with van der Waals surface area (Å²) in [4.78, 5) is -0.108. The van der Waals surface area contributed by atoms with Crippen LogP contribution in [0.5, 0.6) is 0 Å². The van der Waals surface area contributed by atoms with Crippen molar-refractivity contribution in [3.63, 3.8) is 0 Å². The molecule has 0 fully saturated rings. The van der Waals surface area contributed by atoms with Crippen molar-refractivity contribution in [2.75, 3.05) is 12.3 Å². The van der Waals surface area contributed by atoms with Gasteiger partial charge in [0.15, 0.2) is 0 Å². The fourth-order valence-corrected chi connectivity index (χ4v) is 2.96. The third-order valence-corrected chi connectivity index (χ3v) is 3.84. The van der Waals surface area contributed by atoms with E-state index in [1.165, 1.54) is 0 Å². The Kier molecular flexibility index (Phi) is 4.36. The second-order valence-corrected chi connectivity index (χ2v) is 6.80. The smallest absolute Gasteiger partial charge is 0.245 e. The minimum absolute atomic E-state index is 0.0222. The van der Waals surface area contributed by atoms with E-state index in [0.717, 1.165) is 6.20 Å². The molecule has 7 nitrogen and oxygen atoms in total. The first-order valence-corrected chi connectivity index (χ1v) is 7.13. The molecule has 0 saturated heterocycles. The van der Waals surface area contributed by atoms with Gasteiger partial charge in [0, 0.05) is 6.54 Å². The molecule has 1 heterocycles. The van der Waals surface area contributed by atoms with Gasteiger partial charge in [-0.3, -0.25) is 5.10 Å². The highest BCUT2D eigenvalue weighted by Gasteiger charge is 2.26. The van der Waals surface area contributed by atoms with E-state index in [-0.39, 0.29) is 23.2 Å². The van der Waals surface area contributed by atoms with Crippen molar-refractivity contribution in [1.29, 1.82) is 0 Å². The lowest BCUT2D eigenvalue weighted by Gasteiger charge is -2.25. The average molecular weight is 276 g/mol. The molecule has 1 unspecified atom stereocenters. The van der Waals surface area contributed by atoms with Gasteiger partial charge in [-0.1, -0.05) is 13.8 Å². The quantitative estimate of drug-likeness (QED) is 0.585. The third-order valence-electron chi connectivity index (χ3n) is 2.41. The normalized spacial score (nSPS) is 15.8. The predicted molar refractivity (Wildman–Crippen MR) is 68.3 cm³/mol. The Bertz CT molecular complexity index is 493. The van der Waals surface area contributed by atoms with Crippen molar-refractivity contribution in [3.05, 3.63) is 6.20 Å². The molecular weight excluding hydrogens is 256 g/mol. The lowest BCUT2D eigenvalue weighted by Crippen LogP contribution is -2.41. The zero-order valence-electron chi connectivity index (χ0n) is 10.8. The lowest BCUT2D eigenvalue weighted by atomic mass is 9.95. The van der Waals surface area contributed by atoms with Crippen LogP contribution in [0.15, 0.2) is 11.1 Å². The Morgan fingerprint density at radius 2 is 2.22 bits per heavy atom. The zero-order chi connectivity index (χ0) is 14.0. The van der Waals surface area contributed by atoms with E-state index in [0.29, 0.717) is 6.42 Å². The minimum atomic E-state index is -3.75. The van der Waals surface area contributed by atoms with Crippen LogP contribution in [-0.4, -0.2) is 35.9 Å². The van der Waals surface area contributed by atoms with E-state index in [4.69, 9.17) is 5.73 Å². The van der Waals surface area contributed by atoms with E-state index in [9.17, 15) is 13.5 Å². The summed E-state index contributed by atoms with van der Waals surface area (Å²) in [5.41, 5.74) is 4.35. The molecule has 1 aromatic rings. The number of hydrogen-bond acceptors (Lipinski definition) is 5. The summed E-state index contributed by atoms with van der Waals surface area (Å²) < 4.78 is 26.1. The van der Waals surface area contributed by atoms with Crippen molar-refractivity contribution >= 4 is 15.8 Å². The molecule has 0 radical (unpaired) electrons. The Morgan fingerprint density at radius 1 is 1.61 bits per heavy atom. The number of nitrogen functional groups attached to an aromatic ring is 1. The first-order valence-electron chi connectivity index (χ1n) is 5.65. The van der Waals surface area contributed by atoms with Gasteiger partial charge >= 0.3 is 0 Å². The maximum Gasteiger partial charge on any atom is 0.245 e. The minimum Gasteiger partial charge on any atom is -0.389 e. The topological polar surface area (TPSA) is 121 Å². The van der Waals surface area contributed by atoms with Crippen molar-refractivity contribution < 1.29 is 13.5 Å². The van der Waals surface area contributed by atoms with Gasteiger partial charge in [-0.15, -0.1) is 0 Å². The zero-order valence-corrected chi connectivity index (χ0v) is 11.6. The SMILES string of the molecule is CC(C)CC(C)(O)CNS(=O)(=O)c1cn[nH]c1N. The summed E-state index contributed by atoms with van der Waals surface area (Å²) in [5.74, 6) is 0.245. The van der Waals surface area contributed by atoms with Crippen LogP contribution in [0.2, 0.25) is 0 Å². The monoisotopic (exact) mass is 276 g/mol. The lowest BCUT2D eigenvalue weighted by molar-refractivity contribution is 0.0437. The largest absolute Gasteiger partial charge is 0.389 e. The third kappa shape index (κ3) is 3.97. The molecule has 0 aliphatic heterocycles. The fraction of sp³-hybridized carbons (Fsp3) is 0.700. The van der Waals surface area contributed by atoms with E-state index in [1.807, 2.05) is 13.8 Å². The summed E-state index contributed by atoms with van der Waals surface area (Å²) in [6.45, 7) is 5.43. The number of aliphatic hydroxyl groups is 1. The Morgan fingerprint density at radius 3 is 2.67 bits per heavy atom. The van der Waals surface area contributed by atoms with Crippen LogP contribution in [0.1, 0.15) is 27.2 Å². The van der Waals surface area contributed by atoms with E-state index in [2.05, 4.69) is 14.9 Å². The molecule has 1 atom stereocenters. The number of hydrogen-bond donors (Lipinski definition) is 4. The van der Waals surface area contributed by atoms with Crippen LogP contribution < -0.4 is 10.5 Å². The molecule has 18 heavy (non-hydrogen) atoms. The number of nitrogens with two attached hydrogens (primary N) is 1. The summed E-state index contributed by atoms with van der Waals surface area (Å²) in [6.07, 6.45) is 1.63. The number of nitrogens with zero attached hydrogens (tertiary/aromatic N) is 1. The highest BCUT2D eigenvalue weighted by Crippen LogP contribution is 2.18. The summed E-state index contributed by atoms with van der Waals surface area (Å²) >= 11 is 0. The average Bonchev–Trinajstić information content (AvgIpc) is 2.61. The van der Waals surface area contributed by atoms with Crippen molar-refractivity contribution in [3.8, 4) is 0 Å². The van der Waals surface area contributed by atoms with Gasteiger partial charge in [-0.05, 0) is 19.3 Å². The predicted octanol–water partition coefficient (Wildman–Crippen LogP) is 0.0673. The van der Waals surface area contributed by atoms with Crippen LogP contribution >= 0.6 is 0 Å². The molecule has 104 valence electrons. The summed E-state index contributed by atoms with van der Waals surface area (Å²) in [5, 5.41) is 15.9. The van der Waals surface area contributed by atoms with Crippen LogP contribution in [0.4, 0.5) is 5.82 Å². The standard InChI is InChI=1S/C10H20N4O3S/c1-7(2)4-10(3,15)6-13-18(16,17)8-5-12-14-9(8)11/h5,7,13,15H,4,6H2,1-3H3,(H3,11,12,14). The summed E-state index contributed by atoms with van der Waals surface area (Å²) in [6, 6.07) is 0. The number of aromatic amines is 1. The van der Waals surface area contributed by atoms with Gasteiger partial charge in [0.1, 0.15) is 10.7 Å². The molecule has 1 rings (SSSR count). The van der Waals surface area contributed by atoms with E-state index >= 15 is 0 Å². The molecule has 5 N–H and O–H groups in total. The molecule has 0 aromatic carbocycles. The van der Waals surface area contributed by atoms with Crippen LogP contribution in [0.25, 0.3) is 0 Å². The maximum atomic E-state index is 11.9. The maximum absolute atomic E-state index is 11.9. The Labute approximate surface area is 107 Å². The van der Waals surface area contributed by atoms with Crippen molar-refractivity contribution in [2.24, 2.45) is 5.92 Å². The van der Waals surface area contributed by atoms with Crippen LogP contribution in [0, 0.1) is 5.92 Å². The van der Waals surface area contributed by atoms with Crippen LogP contribution in [0.3, 0.4) is 0 Å². The van der Waals surface area contributed by atoms with E-state index < -0.39 is 15.6 Å². The van der Waals surface area contributed by atoms with Gasteiger partial charge in [-0.2, -0.15) is 5.10 Å². The molecule has 0 spiro atoms.